The summed E-state index contributed by atoms with van der Waals surface area (Å²) in [5.41, 5.74) is 1.61. The number of amides is 2. The van der Waals surface area contributed by atoms with E-state index in [0.29, 0.717) is 11.3 Å². The fourth-order valence-corrected chi connectivity index (χ4v) is 1.81. The van der Waals surface area contributed by atoms with Gasteiger partial charge in [0.05, 0.1) is 5.56 Å². The molecule has 2 rings (SSSR count). The van der Waals surface area contributed by atoms with Crippen LogP contribution in [-0.4, -0.2) is 6.03 Å². The maximum atomic E-state index is 12.4. The molecule has 116 valence electrons. The smallest absolute Gasteiger partial charge is 0.334 e. The van der Waals surface area contributed by atoms with Crippen LogP contribution in [0, 0.1) is 6.92 Å². The first-order chi connectivity index (χ1) is 10.3. The molecule has 22 heavy (non-hydrogen) atoms. The lowest BCUT2D eigenvalue weighted by Gasteiger charge is -2.09. The molecule has 2 amide bonds. The van der Waals surface area contributed by atoms with Crippen LogP contribution >= 0.6 is 0 Å². The molecule has 0 aromatic heterocycles. The third kappa shape index (κ3) is 4.51. The SMILES string of the molecule is Cc1ccc(NC(=O)NCc2ccc(C(F)(F)F)cc2)cc1. The highest BCUT2D eigenvalue weighted by atomic mass is 19.4. The third-order valence-corrected chi connectivity index (χ3v) is 3.04. The van der Waals surface area contributed by atoms with Gasteiger partial charge in [0.1, 0.15) is 0 Å². The van der Waals surface area contributed by atoms with Gasteiger partial charge in [-0.05, 0) is 36.8 Å². The molecule has 0 radical (unpaired) electrons. The van der Waals surface area contributed by atoms with E-state index in [1.165, 1.54) is 12.1 Å². The summed E-state index contributed by atoms with van der Waals surface area (Å²) in [6.07, 6.45) is -4.35. The minimum absolute atomic E-state index is 0.149. The molecule has 3 nitrogen and oxygen atoms in total. The summed E-state index contributed by atoms with van der Waals surface area (Å²) in [5, 5.41) is 5.23. The van der Waals surface area contributed by atoms with Crippen molar-refractivity contribution >= 4 is 11.7 Å². The van der Waals surface area contributed by atoms with Gasteiger partial charge in [-0.2, -0.15) is 13.2 Å². The van der Waals surface area contributed by atoms with Crippen molar-refractivity contribution in [2.75, 3.05) is 5.32 Å². The predicted octanol–water partition coefficient (Wildman–Crippen LogP) is 4.34. The predicted molar refractivity (Wildman–Crippen MR) is 78.5 cm³/mol. The number of alkyl halides is 3. The van der Waals surface area contributed by atoms with Gasteiger partial charge in [0.2, 0.25) is 0 Å². The highest BCUT2D eigenvalue weighted by Crippen LogP contribution is 2.29. The van der Waals surface area contributed by atoms with Crippen LogP contribution < -0.4 is 10.6 Å². The lowest BCUT2D eigenvalue weighted by atomic mass is 10.1. The summed E-state index contributed by atoms with van der Waals surface area (Å²) >= 11 is 0. The van der Waals surface area contributed by atoms with E-state index in [9.17, 15) is 18.0 Å². The Kier molecular flexibility index (Phi) is 4.70. The molecule has 0 aliphatic carbocycles. The number of carbonyl (C=O) groups is 1. The Morgan fingerprint density at radius 2 is 1.59 bits per heavy atom. The molecule has 2 aromatic rings. The maximum Gasteiger partial charge on any atom is 0.416 e. The summed E-state index contributed by atoms with van der Waals surface area (Å²) < 4.78 is 37.3. The molecule has 0 saturated carbocycles. The molecular formula is C16H15F3N2O. The minimum atomic E-state index is -4.35. The lowest BCUT2D eigenvalue weighted by Crippen LogP contribution is -2.28. The molecule has 0 spiro atoms. The molecule has 2 N–H and O–H groups in total. The van der Waals surface area contributed by atoms with Crippen LogP contribution in [0.1, 0.15) is 16.7 Å². The van der Waals surface area contributed by atoms with Crippen molar-refractivity contribution in [2.45, 2.75) is 19.6 Å². The zero-order valence-corrected chi connectivity index (χ0v) is 11.9. The van der Waals surface area contributed by atoms with Crippen LogP contribution in [0.15, 0.2) is 48.5 Å². The average Bonchev–Trinajstić information content (AvgIpc) is 2.47. The van der Waals surface area contributed by atoms with Gasteiger partial charge < -0.3 is 10.6 Å². The zero-order chi connectivity index (χ0) is 16.2. The molecule has 0 bridgehead atoms. The lowest BCUT2D eigenvalue weighted by molar-refractivity contribution is -0.137. The molecule has 0 atom stereocenters. The molecule has 0 aliphatic heterocycles. The van der Waals surface area contributed by atoms with Crippen LogP contribution in [0.2, 0.25) is 0 Å². The van der Waals surface area contributed by atoms with Crippen molar-refractivity contribution < 1.29 is 18.0 Å². The molecular weight excluding hydrogens is 293 g/mol. The van der Waals surface area contributed by atoms with E-state index in [-0.39, 0.29) is 6.54 Å². The molecule has 6 heteroatoms. The van der Waals surface area contributed by atoms with Gasteiger partial charge >= 0.3 is 12.2 Å². The van der Waals surface area contributed by atoms with E-state index >= 15 is 0 Å². The molecule has 2 aromatic carbocycles. The van der Waals surface area contributed by atoms with E-state index in [2.05, 4.69) is 10.6 Å². The number of anilines is 1. The van der Waals surface area contributed by atoms with Crippen molar-refractivity contribution in [3.63, 3.8) is 0 Å². The van der Waals surface area contributed by atoms with Crippen LogP contribution in [0.25, 0.3) is 0 Å². The van der Waals surface area contributed by atoms with E-state index in [1.807, 2.05) is 19.1 Å². The van der Waals surface area contributed by atoms with Crippen molar-refractivity contribution in [1.29, 1.82) is 0 Å². The Balaban J connectivity index is 1.87. The Hall–Kier alpha value is -2.50. The second kappa shape index (κ2) is 6.51. The largest absolute Gasteiger partial charge is 0.416 e. The second-order valence-corrected chi connectivity index (χ2v) is 4.87. The number of aryl methyl sites for hydroxylation is 1. The first kappa shape index (κ1) is 15.9. The fourth-order valence-electron chi connectivity index (χ4n) is 1.81. The maximum absolute atomic E-state index is 12.4. The van der Waals surface area contributed by atoms with Gasteiger partial charge in [0.25, 0.3) is 0 Å². The van der Waals surface area contributed by atoms with Crippen molar-refractivity contribution in [3.8, 4) is 0 Å². The Morgan fingerprint density at radius 1 is 1.00 bits per heavy atom. The standard InChI is InChI=1S/C16H15F3N2O/c1-11-2-8-14(9-3-11)21-15(22)20-10-12-4-6-13(7-5-12)16(17,18)19/h2-9H,10H2,1H3,(H2,20,21,22). The monoisotopic (exact) mass is 308 g/mol. The Morgan fingerprint density at radius 3 is 2.14 bits per heavy atom. The summed E-state index contributed by atoms with van der Waals surface area (Å²) in [7, 11) is 0. The first-order valence-corrected chi connectivity index (χ1v) is 6.62. The summed E-state index contributed by atoms with van der Waals surface area (Å²) in [6, 6.07) is 11.5. The number of benzene rings is 2. The summed E-state index contributed by atoms with van der Waals surface area (Å²) in [4.78, 5) is 11.7. The highest BCUT2D eigenvalue weighted by Gasteiger charge is 2.29. The number of rotatable bonds is 3. The van der Waals surface area contributed by atoms with Gasteiger partial charge in [0, 0.05) is 12.2 Å². The van der Waals surface area contributed by atoms with E-state index < -0.39 is 17.8 Å². The van der Waals surface area contributed by atoms with E-state index in [4.69, 9.17) is 0 Å². The molecule has 0 heterocycles. The number of hydrogen-bond donors (Lipinski definition) is 2. The minimum Gasteiger partial charge on any atom is -0.334 e. The Labute approximate surface area is 126 Å². The molecule has 0 unspecified atom stereocenters. The number of hydrogen-bond acceptors (Lipinski definition) is 1. The topological polar surface area (TPSA) is 41.1 Å². The first-order valence-electron chi connectivity index (χ1n) is 6.62. The van der Waals surface area contributed by atoms with Gasteiger partial charge in [-0.3, -0.25) is 0 Å². The quantitative estimate of drug-likeness (QED) is 0.870. The molecule has 0 fully saturated rings. The van der Waals surface area contributed by atoms with Crippen LogP contribution in [0.5, 0.6) is 0 Å². The average molecular weight is 308 g/mol. The van der Waals surface area contributed by atoms with Crippen LogP contribution in [0.3, 0.4) is 0 Å². The van der Waals surface area contributed by atoms with E-state index in [1.54, 1.807) is 12.1 Å². The highest BCUT2D eigenvalue weighted by molar-refractivity contribution is 5.89. The molecule has 0 aliphatic rings. The van der Waals surface area contributed by atoms with Gasteiger partial charge in [-0.1, -0.05) is 29.8 Å². The van der Waals surface area contributed by atoms with Gasteiger partial charge in [-0.15, -0.1) is 0 Å². The number of nitrogens with one attached hydrogen (secondary N) is 2. The van der Waals surface area contributed by atoms with E-state index in [0.717, 1.165) is 17.7 Å². The summed E-state index contributed by atoms with van der Waals surface area (Å²) in [5.74, 6) is 0. The Bertz CT molecular complexity index is 634. The summed E-state index contributed by atoms with van der Waals surface area (Å²) in [6.45, 7) is 2.09. The van der Waals surface area contributed by atoms with Gasteiger partial charge in [-0.25, -0.2) is 4.79 Å². The van der Waals surface area contributed by atoms with Crippen molar-refractivity contribution in [1.82, 2.24) is 5.32 Å². The molecule has 0 saturated heterocycles. The number of halogens is 3. The van der Waals surface area contributed by atoms with Crippen LogP contribution in [-0.2, 0) is 12.7 Å². The van der Waals surface area contributed by atoms with Crippen molar-refractivity contribution in [3.05, 3.63) is 65.2 Å². The third-order valence-electron chi connectivity index (χ3n) is 3.04. The van der Waals surface area contributed by atoms with Crippen molar-refractivity contribution in [2.24, 2.45) is 0 Å². The number of carbonyl (C=O) groups excluding carboxylic acids is 1. The second-order valence-electron chi connectivity index (χ2n) is 4.87. The number of urea groups is 1. The van der Waals surface area contributed by atoms with Crippen LogP contribution in [0.4, 0.5) is 23.7 Å². The zero-order valence-electron chi connectivity index (χ0n) is 11.9. The normalized spacial score (nSPS) is 11.1. The fraction of sp³-hybridized carbons (Fsp3) is 0.188. The van der Waals surface area contributed by atoms with Gasteiger partial charge in [0.15, 0.2) is 0 Å².